The van der Waals surface area contributed by atoms with Crippen molar-refractivity contribution in [1.29, 1.82) is 0 Å². The number of thiazole rings is 1. The number of para-hydroxylation sites is 1. The molecule has 1 aliphatic heterocycles. The maximum atomic E-state index is 13.7. The maximum Gasteiger partial charge on any atom is 0.338 e. The van der Waals surface area contributed by atoms with Crippen molar-refractivity contribution in [1.82, 2.24) is 9.13 Å². The molecule has 1 atom stereocenters. The molecule has 0 unspecified atom stereocenters. The van der Waals surface area contributed by atoms with Crippen molar-refractivity contribution >= 4 is 45.6 Å². The van der Waals surface area contributed by atoms with Crippen molar-refractivity contribution < 1.29 is 9.53 Å². The number of benzene rings is 1. The zero-order chi connectivity index (χ0) is 23.8. The molecule has 0 fully saturated rings. The van der Waals surface area contributed by atoms with Crippen LogP contribution in [0.1, 0.15) is 30.3 Å². The van der Waals surface area contributed by atoms with Crippen LogP contribution in [0, 0.1) is 0 Å². The van der Waals surface area contributed by atoms with Gasteiger partial charge in [0.2, 0.25) is 0 Å². The number of allylic oxidation sites excluding steroid dienone is 2. The summed E-state index contributed by atoms with van der Waals surface area (Å²) in [5.41, 5.74) is 2.85. The molecule has 1 aromatic carbocycles. The smallest absolute Gasteiger partial charge is 0.338 e. The van der Waals surface area contributed by atoms with Crippen LogP contribution >= 0.6 is 22.7 Å². The normalized spacial score (nSPS) is 15.9. The summed E-state index contributed by atoms with van der Waals surface area (Å²) in [5.74, 6) is -0.441. The molecule has 8 heteroatoms. The number of esters is 1. The largest absolute Gasteiger partial charge is 0.463 e. The van der Waals surface area contributed by atoms with Crippen LogP contribution in [0.25, 0.3) is 17.0 Å². The highest BCUT2D eigenvalue weighted by Gasteiger charge is 2.33. The minimum Gasteiger partial charge on any atom is -0.463 e. The molecule has 1 aliphatic rings. The molecule has 0 amide bonds. The van der Waals surface area contributed by atoms with Gasteiger partial charge in [0, 0.05) is 34.1 Å². The van der Waals surface area contributed by atoms with E-state index in [0.717, 1.165) is 21.3 Å². The number of ether oxygens (including phenoxy) is 1. The number of thiophene rings is 1. The summed E-state index contributed by atoms with van der Waals surface area (Å²) in [6.07, 6.45) is 5.81. The molecule has 3 aromatic heterocycles. The third kappa shape index (κ3) is 3.69. The van der Waals surface area contributed by atoms with Gasteiger partial charge in [-0.15, -0.1) is 17.9 Å². The van der Waals surface area contributed by atoms with E-state index in [0.29, 0.717) is 27.1 Å². The molecule has 0 radical (unpaired) electrons. The van der Waals surface area contributed by atoms with Gasteiger partial charge in [-0.05, 0) is 37.4 Å². The van der Waals surface area contributed by atoms with E-state index < -0.39 is 12.0 Å². The Bertz CT molecular complexity index is 1620. The summed E-state index contributed by atoms with van der Waals surface area (Å²) in [5, 5.41) is 3.01. The van der Waals surface area contributed by atoms with Gasteiger partial charge in [0.05, 0.1) is 22.4 Å². The van der Waals surface area contributed by atoms with Crippen molar-refractivity contribution in [3.8, 4) is 0 Å². The van der Waals surface area contributed by atoms with Crippen LogP contribution in [0.3, 0.4) is 0 Å². The molecule has 0 N–H and O–H groups in total. The van der Waals surface area contributed by atoms with E-state index in [-0.39, 0.29) is 12.2 Å². The number of aromatic nitrogens is 2. The molecule has 0 aliphatic carbocycles. The molecule has 0 spiro atoms. The van der Waals surface area contributed by atoms with Gasteiger partial charge in [0.25, 0.3) is 5.56 Å². The molecule has 5 rings (SSSR count). The topological polar surface area (TPSA) is 65.6 Å². The lowest BCUT2D eigenvalue weighted by atomic mass is 10.0. The molecular weight excluding hydrogens is 466 g/mol. The van der Waals surface area contributed by atoms with Crippen molar-refractivity contribution in [2.45, 2.75) is 26.4 Å². The average Bonchev–Trinajstić information content (AvgIpc) is 3.54. The Morgan fingerprint density at radius 2 is 2.09 bits per heavy atom. The van der Waals surface area contributed by atoms with E-state index in [2.05, 4.69) is 28.3 Å². The van der Waals surface area contributed by atoms with Crippen molar-refractivity contribution in [3.05, 3.63) is 102 Å². The van der Waals surface area contributed by atoms with E-state index in [4.69, 9.17) is 4.74 Å². The second-order valence-electron chi connectivity index (χ2n) is 7.86. The highest BCUT2D eigenvalue weighted by atomic mass is 32.1. The van der Waals surface area contributed by atoms with Gasteiger partial charge in [-0.25, -0.2) is 9.79 Å². The monoisotopic (exact) mass is 489 g/mol. The molecule has 4 aromatic rings. The Kier molecular flexibility index (Phi) is 5.93. The lowest BCUT2D eigenvalue weighted by molar-refractivity contribution is -0.139. The van der Waals surface area contributed by atoms with Crippen LogP contribution in [0.2, 0.25) is 0 Å². The fourth-order valence-corrected chi connectivity index (χ4v) is 6.19. The van der Waals surface area contributed by atoms with Crippen molar-refractivity contribution in [3.63, 3.8) is 0 Å². The Balaban J connectivity index is 1.73. The summed E-state index contributed by atoms with van der Waals surface area (Å²) >= 11 is 2.84. The summed E-state index contributed by atoms with van der Waals surface area (Å²) in [7, 11) is 0. The van der Waals surface area contributed by atoms with E-state index in [1.807, 2.05) is 48.0 Å². The molecule has 172 valence electrons. The van der Waals surface area contributed by atoms with Gasteiger partial charge in [-0.3, -0.25) is 9.36 Å². The quantitative estimate of drug-likeness (QED) is 0.304. The van der Waals surface area contributed by atoms with E-state index in [9.17, 15) is 9.59 Å². The third-order valence-electron chi connectivity index (χ3n) is 5.76. The van der Waals surface area contributed by atoms with Crippen LogP contribution in [-0.4, -0.2) is 21.7 Å². The van der Waals surface area contributed by atoms with Crippen LogP contribution in [0.15, 0.2) is 81.7 Å². The van der Waals surface area contributed by atoms with Gasteiger partial charge >= 0.3 is 5.97 Å². The molecule has 34 heavy (non-hydrogen) atoms. The fourth-order valence-electron chi connectivity index (χ4n) is 4.33. The first-order chi connectivity index (χ1) is 16.5. The average molecular weight is 490 g/mol. The van der Waals surface area contributed by atoms with Crippen LogP contribution in [-0.2, 0) is 16.1 Å². The lowest BCUT2D eigenvalue weighted by Gasteiger charge is -2.23. The van der Waals surface area contributed by atoms with Gasteiger partial charge in [-0.2, -0.15) is 0 Å². The lowest BCUT2D eigenvalue weighted by Crippen LogP contribution is -2.39. The number of hydrogen-bond donors (Lipinski definition) is 0. The minimum atomic E-state index is -0.556. The summed E-state index contributed by atoms with van der Waals surface area (Å²) in [4.78, 5) is 32.7. The van der Waals surface area contributed by atoms with Crippen LogP contribution in [0.4, 0.5) is 0 Å². The minimum absolute atomic E-state index is 0.169. The predicted molar refractivity (Wildman–Crippen MR) is 137 cm³/mol. The zero-order valence-electron chi connectivity index (χ0n) is 18.9. The number of carbonyl (C=O) groups excluding carboxylic acids is 1. The first-order valence-corrected chi connectivity index (χ1v) is 12.6. The first kappa shape index (κ1) is 22.3. The van der Waals surface area contributed by atoms with Crippen molar-refractivity contribution in [2.24, 2.45) is 4.99 Å². The van der Waals surface area contributed by atoms with E-state index in [1.54, 1.807) is 18.4 Å². The first-order valence-electron chi connectivity index (χ1n) is 10.9. The highest BCUT2D eigenvalue weighted by Crippen LogP contribution is 2.33. The molecule has 0 bridgehead atoms. The standard InChI is InChI=1S/C26H23N3O3S2/c1-4-12-28-15-17(18-9-6-7-10-19(18)28)14-21-24(30)29-23(20-11-8-13-33-20)22(25(31)32-5-2)16(3)27-26(29)34-21/h4,6-11,13-15,23H,1,5,12H2,2-3H3/b21-14-/t23-/m0/s1. The van der Waals surface area contributed by atoms with Crippen LogP contribution < -0.4 is 14.9 Å². The summed E-state index contributed by atoms with van der Waals surface area (Å²) in [6.45, 7) is 8.35. The molecule has 4 heterocycles. The van der Waals surface area contributed by atoms with Gasteiger partial charge in [0.1, 0.15) is 6.04 Å². The second kappa shape index (κ2) is 9.04. The maximum absolute atomic E-state index is 13.7. The number of nitrogens with zero attached hydrogens (tertiary/aromatic N) is 3. The van der Waals surface area contributed by atoms with Gasteiger partial charge in [-0.1, -0.05) is 41.7 Å². The third-order valence-corrected chi connectivity index (χ3v) is 7.67. The Morgan fingerprint density at radius 1 is 1.26 bits per heavy atom. The predicted octanol–water partition coefficient (Wildman–Crippen LogP) is 4.00. The van der Waals surface area contributed by atoms with Gasteiger partial charge < -0.3 is 9.30 Å². The van der Waals surface area contributed by atoms with E-state index >= 15 is 0 Å². The van der Waals surface area contributed by atoms with Crippen LogP contribution in [0.5, 0.6) is 0 Å². The fraction of sp³-hybridized carbons (Fsp3) is 0.192. The highest BCUT2D eigenvalue weighted by molar-refractivity contribution is 7.10. The number of rotatable bonds is 6. The number of carbonyl (C=O) groups is 1. The Labute approximate surface area is 204 Å². The Hall–Kier alpha value is -3.49. The molecule has 0 saturated carbocycles. The SMILES string of the molecule is C=CCn1cc(/C=c2\sc3n(c2=O)[C@@H](c2cccs2)C(C(=O)OCC)=C(C)N=3)c2ccccc21. The summed E-state index contributed by atoms with van der Waals surface area (Å²) < 4.78 is 9.64. The molecular formula is C26H23N3O3S2. The second-order valence-corrected chi connectivity index (χ2v) is 9.85. The Morgan fingerprint density at radius 3 is 2.82 bits per heavy atom. The van der Waals surface area contributed by atoms with Gasteiger partial charge in [0.15, 0.2) is 4.80 Å². The van der Waals surface area contributed by atoms with E-state index in [1.165, 1.54) is 22.7 Å². The van der Waals surface area contributed by atoms with Crippen molar-refractivity contribution in [2.75, 3.05) is 6.61 Å². The number of fused-ring (bicyclic) bond motifs is 2. The number of hydrogen-bond acceptors (Lipinski definition) is 6. The molecule has 0 saturated heterocycles. The summed E-state index contributed by atoms with van der Waals surface area (Å²) in [6, 6.07) is 11.4. The molecule has 6 nitrogen and oxygen atoms in total. The zero-order valence-corrected chi connectivity index (χ0v) is 20.5.